The van der Waals surface area contributed by atoms with E-state index in [-0.39, 0.29) is 12.0 Å². The summed E-state index contributed by atoms with van der Waals surface area (Å²) in [6.45, 7) is 3.31. The van der Waals surface area contributed by atoms with E-state index in [9.17, 15) is 14.5 Å². The topological polar surface area (TPSA) is 43.1 Å². The summed E-state index contributed by atoms with van der Waals surface area (Å²) >= 11 is 0. The number of rotatable bonds is 4. The fourth-order valence-corrected chi connectivity index (χ4v) is 1.18. The predicted octanol–water partition coefficient (Wildman–Crippen LogP) is 2.66. The lowest BCUT2D eigenvalue weighted by atomic mass is 10.0. The molecule has 0 aliphatic carbocycles. The van der Waals surface area contributed by atoms with Gasteiger partial charge < -0.3 is 0 Å². The molecule has 1 unspecified atom stereocenters. The summed E-state index contributed by atoms with van der Waals surface area (Å²) in [7, 11) is 0. The number of hydrogen-bond donors (Lipinski definition) is 0. The van der Waals surface area contributed by atoms with Crippen molar-refractivity contribution in [2.45, 2.75) is 12.2 Å². The average molecular weight is 195 g/mol. The van der Waals surface area contributed by atoms with Crippen molar-refractivity contribution in [3.05, 3.63) is 58.7 Å². The molecule has 0 radical (unpaired) electrons. The summed E-state index contributed by atoms with van der Waals surface area (Å²) in [5, 5.41) is 10.6. The van der Waals surface area contributed by atoms with Crippen LogP contribution in [0.5, 0.6) is 0 Å². The molecule has 0 fully saturated rings. The quantitative estimate of drug-likeness (QED) is 0.321. The Morgan fingerprint density at radius 3 is 2.50 bits per heavy atom. The lowest BCUT2D eigenvalue weighted by Crippen LogP contribution is -2.29. The highest BCUT2D eigenvalue weighted by molar-refractivity contribution is 5.20. The fraction of sp³-hybridized carbons (Fsp3) is 0.200. The molecule has 14 heavy (non-hydrogen) atoms. The van der Waals surface area contributed by atoms with Crippen molar-refractivity contribution in [3.8, 4) is 0 Å². The first kappa shape index (κ1) is 10.4. The number of nitro groups is 1. The van der Waals surface area contributed by atoms with Crippen molar-refractivity contribution in [2.24, 2.45) is 0 Å². The average Bonchev–Trinajstić information content (AvgIpc) is 2.19. The third-order valence-corrected chi connectivity index (χ3v) is 1.92. The minimum Gasteiger partial charge on any atom is -0.261 e. The van der Waals surface area contributed by atoms with Crippen LogP contribution in [0.2, 0.25) is 0 Å². The summed E-state index contributed by atoms with van der Waals surface area (Å²) < 4.78 is 13.9. The van der Waals surface area contributed by atoms with Gasteiger partial charge in [0.25, 0.3) is 0 Å². The molecule has 0 aromatic heterocycles. The molecule has 0 saturated carbocycles. The maximum Gasteiger partial charge on any atom is 0.388 e. The number of hydrogen-bond acceptors (Lipinski definition) is 2. The first-order valence-electron chi connectivity index (χ1n) is 4.11. The van der Waals surface area contributed by atoms with Crippen molar-refractivity contribution < 1.29 is 9.31 Å². The van der Waals surface area contributed by atoms with Crippen LogP contribution in [0.25, 0.3) is 0 Å². The van der Waals surface area contributed by atoms with Gasteiger partial charge in [-0.2, -0.15) is 4.39 Å². The van der Waals surface area contributed by atoms with E-state index in [4.69, 9.17) is 0 Å². The zero-order valence-corrected chi connectivity index (χ0v) is 7.52. The Morgan fingerprint density at radius 2 is 2.07 bits per heavy atom. The molecule has 1 rings (SSSR count). The van der Waals surface area contributed by atoms with Crippen LogP contribution in [0.1, 0.15) is 12.0 Å². The second-order valence-corrected chi connectivity index (χ2v) is 2.88. The summed E-state index contributed by atoms with van der Waals surface area (Å²) in [4.78, 5) is 9.67. The van der Waals surface area contributed by atoms with Crippen molar-refractivity contribution in [3.63, 3.8) is 0 Å². The standard InChI is InChI=1S/C10H10FNO2/c1-2-8-10(11,12(13)14)9-6-4-3-5-7-9/h2-7H,1,8H2. The molecule has 74 valence electrons. The van der Waals surface area contributed by atoms with Gasteiger partial charge in [-0.1, -0.05) is 24.3 Å². The first-order chi connectivity index (χ1) is 6.61. The van der Waals surface area contributed by atoms with E-state index in [0.29, 0.717) is 0 Å². The monoisotopic (exact) mass is 195 g/mol. The molecule has 1 atom stereocenters. The van der Waals surface area contributed by atoms with E-state index in [0.717, 1.165) is 0 Å². The van der Waals surface area contributed by atoms with Crippen molar-refractivity contribution in [1.82, 2.24) is 0 Å². The molecular weight excluding hydrogens is 185 g/mol. The Hall–Kier alpha value is -1.71. The van der Waals surface area contributed by atoms with E-state index in [1.807, 2.05) is 0 Å². The smallest absolute Gasteiger partial charge is 0.261 e. The molecule has 0 amide bonds. The van der Waals surface area contributed by atoms with Gasteiger partial charge in [0.05, 0.1) is 16.9 Å². The number of halogens is 1. The van der Waals surface area contributed by atoms with Crippen LogP contribution in [0.15, 0.2) is 43.0 Å². The van der Waals surface area contributed by atoms with Gasteiger partial charge in [0.15, 0.2) is 0 Å². The highest BCUT2D eigenvalue weighted by Crippen LogP contribution is 2.30. The lowest BCUT2D eigenvalue weighted by molar-refractivity contribution is -0.615. The molecule has 4 heteroatoms. The van der Waals surface area contributed by atoms with Gasteiger partial charge in [0.1, 0.15) is 0 Å². The third-order valence-electron chi connectivity index (χ3n) is 1.92. The van der Waals surface area contributed by atoms with Gasteiger partial charge in [0, 0.05) is 0 Å². The summed E-state index contributed by atoms with van der Waals surface area (Å²) in [5.41, 5.74) is 0.0462. The van der Waals surface area contributed by atoms with Gasteiger partial charge in [-0.05, 0) is 12.1 Å². The molecule has 0 saturated heterocycles. The third kappa shape index (κ3) is 1.79. The Labute approximate surface area is 81.0 Å². The summed E-state index contributed by atoms with van der Waals surface area (Å²) in [6.07, 6.45) is 0.875. The highest BCUT2D eigenvalue weighted by Gasteiger charge is 2.43. The second-order valence-electron chi connectivity index (χ2n) is 2.88. The normalized spacial score (nSPS) is 14.4. The second kappa shape index (κ2) is 4.00. The molecule has 3 nitrogen and oxygen atoms in total. The Balaban J connectivity index is 3.12. The molecule has 0 aliphatic heterocycles. The number of alkyl halides is 1. The Morgan fingerprint density at radius 1 is 1.50 bits per heavy atom. The van der Waals surface area contributed by atoms with Crippen molar-refractivity contribution in [1.29, 1.82) is 0 Å². The maximum absolute atomic E-state index is 13.9. The SMILES string of the molecule is C=CCC(F)(c1ccccc1)[N+](=O)[O-]. The summed E-state index contributed by atoms with van der Waals surface area (Å²) in [5.74, 6) is -2.55. The van der Waals surface area contributed by atoms with E-state index >= 15 is 0 Å². The molecular formula is C10H10FNO2. The molecule has 0 aliphatic rings. The Bertz CT molecular complexity index is 339. The molecule has 0 spiro atoms. The van der Waals surface area contributed by atoms with Crippen LogP contribution in [-0.2, 0) is 5.79 Å². The minimum absolute atomic E-state index is 0.0462. The van der Waals surface area contributed by atoms with E-state index in [1.165, 1.54) is 18.2 Å². The van der Waals surface area contributed by atoms with Crippen LogP contribution < -0.4 is 0 Å². The Kier molecular flexibility index (Phi) is 2.96. The lowest BCUT2D eigenvalue weighted by Gasteiger charge is -2.14. The van der Waals surface area contributed by atoms with E-state index < -0.39 is 10.7 Å². The van der Waals surface area contributed by atoms with Crippen LogP contribution >= 0.6 is 0 Å². The molecule has 1 aromatic carbocycles. The molecule has 0 heterocycles. The van der Waals surface area contributed by atoms with E-state index in [2.05, 4.69) is 6.58 Å². The van der Waals surface area contributed by atoms with E-state index in [1.54, 1.807) is 18.2 Å². The van der Waals surface area contributed by atoms with Crippen LogP contribution in [0.3, 0.4) is 0 Å². The summed E-state index contributed by atoms with van der Waals surface area (Å²) in [6, 6.07) is 7.60. The molecule has 0 bridgehead atoms. The largest absolute Gasteiger partial charge is 0.388 e. The fourth-order valence-electron chi connectivity index (χ4n) is 1.18. The van der Waals surface area contributed by atoms with Crippen LogP contribution in [0, 0.1) is 10.1 Å². The predicted molar refractivity (Wildman–Crippen MR) is 51.0 cm³/mol. The number of nitrogens with zero attached hydrogens (tertiary/aromatic N) is 1. The number of benzene rings is 1. The maximum atomic E-state index is 13.9. The van der Waals surface area contributed by atoms with Crippen LogP contribution in [0.4, 0.5) is 4.39 Å². The van der Waals surface area contributed by atoms with Crippen molar-refractivity contribution in [2.75, 3.05) is 0 Å². The highest BCUT2D eigenvalue weighted by atomic mass is 19.1. The van der Waals surface area contributed by atoms with Crippen LogP contribution in [-0.4, -0.2) is 4.92 Å². The van der Waals surface area contributed by atoms with Gasteiger partial charge in [0.2, 0.25) is 0 Å². The zero-order chi connectivity index (χ0) is 10.6. The van der Waals surface area contributed by atoms with Gasteiger partial charge in [-0.15, -0.1) is 6.58 Å². The first-order valence-corrected chi connectivity index (χ1v) is 4.11. The van der Waals surface area contributed by atoms with Gasteiger partial charge in [-0.25, -0.2) is 0 Å². The van der Waals surface area contributed by atoms with Gasteiger partial charge in [-0.3, -0.25) is 10.1 Å². The van der Waals surface area contributed by atoms with Crippen molar-refractivity contribution >= 4 is 0 Å². The molecule has 0 N–H and O–H groups in total. The minimum atomic E-state index is -2.55. The van der Waals surface area contributed by atoms with Gasteiger partial charge >= 0.3 is 5.79 Å². The molecule has 1 aromatic rings. The zero-order valence-electron chi connectivity index (χ0n) is 7.52.